The van der Waals surface area contributed by atoms with Crippen molar-refractivity contribution in [2.24, 2.45) is 0 Å². The Labute approximate surface area is 127 Å². The minimum absolute atomic E-state index is 0.391. The largest absolute Gasteiger partial charge is 0.244 e. The van der Waals surface area contributed by atoms with E-state index in [-0.39, 0.29) is 0 Å². The van der Waals surface area contributed by atoms with E-state index in [9.17, 15) is 4.39 Å². The average molecular weight is 289 g/mol. The van der Waals surface area contributed by atoms with E-state index in [2.05, 4.69) is 26.8 Å². The summed E-state index contributed by atoms with van der Waals surface area (Å²) in [7, 11) is 0. The zero-order valence-electron chi connectivity index (χ0n) is 11.7. The first kappa shape index (κ1) is 13.9. The molecule has 2 aromatic heterocycles. The molecule has 3 rings (SSSR count). The lowest BCUT2D eigenvalue weighted by atomic mass is 10.1. The first-order valence-corrected chi connectivity index (χ1v) is 6.74. The van der Waals surface area contributed by atoms with Crippen LogP contribution in [0.5, 0.6) is 0 Å². The van der Waals surface area contributed by atoms with Crippen LogP contribution in [-0.2, 0) is 6.67 Å². The third-order valence-corrected chi connectivity index (χ3v) is 3.04. The van der Waals surface area contributed by atoms with Gasteiger partial charge in [0.05, 0.1) is 5.69 Å². The summed E-state index contributed by atoms with van der Waals surface area (Å²) in [6.07, 6.45) is 5.01. The van der Waals surface area contributed by atoms with E-state index in [1.165, 1.54) is 6.33 Å². The zero-order valence-corrected chi connectivity index (χ0v) is 11.7. The number of hydrogen-bond donors (Lipinski definition) is 0. The molecule has 0 bridgehead atoms. The van der Waals surface area contributed by atoms with Gasteiger partial charge in [0.1, 0.15) is 18.7 Å². The smallest absolute Gasteiger partial charge is 0.131 e. The van der Waals surface area contributed by atoms with Crippen molar-refractivity contribution in [2.75, 3.05) is 0 Å². The van der Waals surface area contributed by atoms with Gasteiger partial charge in [-0.05, 0) is 35.7 Å². The maximum Gasteiger partial charge on any atom is 0.131 e. The van der Waals surface area contributed by atoms with Crippen LogP contribution in [0.25, 0.3) is 11.1 Å². The van der Waals surface area contributed by atoms with Gasteiger partial charge in [-0.1, -0.05) is 24.1 Å². The van der Waals surface area contributed by atoms with Crippen molar-refractivity contribution in [1.29, 1.82) is 0 Å². The number of benzene rings is 1. The highest BCUT2D eigenvalue weighted by atomic mass is 19.1. The van der Waals surface area contributed by atoms with E-state index < -0.39 is 6.67 Å². The summed E-state index contributed by atoms with van der Waals surface area (Å²) >= 11 is 0. The van der Waals surface area contributed by atoms with Crippen molar-refractivity contribution in [3.05, 3.63) is 78.1 Å². The minimum atomic E-state index is -0.584. The minimum Gasteiger partial charge on any atom is -0.244 e. The van der Waals surface area contributed by atoms with Crippen molar-refractivity contribution in [2.45, 2.75) is 6.67 Å². The van der Waals surface area contributed by atoms with Crippen LogP contribution in [0.4, 0.5) is 4.39 Å². The Balaban J connectivity index is 1.89. The lowest BCUT2D eigenvalue weighted by Crippen LogP contribution is -1.88. The second kappa shape index (κ2) is 6.59. The lowest BCUT2D eigenvalue weighted by Gasteiger charge is -2.00. The Kier molecular flexibility index (Phi) is 4.17. The van der Waals surface area contributed by atoms with E-state index in [1.54, 1.807) is 30.6 Å². The third-order valence-electron chi connectivity index (χ3n) is 3.04. The fourth-order valence-corrected chi connectivity index (χ4v) is 1.98. The summed E-state index contributed by atoms with van der Waals surface area (Å²) in [4.78, 5) is 12.1. The van der Waals surface area contributed by atoms with Crippen LogP contribution in [0.1, 0.15) is 17.0 Å². The Hall–Kier alpha value is -3.06. The summed E-state index contributed by atoms with van der Waals surface area (Å²) < 4.78 is 12.6. The maximum absolute atomic E-state index is 12.6. The molecule has 0 amide bonds. The monoisotopic (exact) mass is 289 g/mol. The summed E-state index contributed by atoms with van der Waals surface area (Å²) in [6.45, 7) is -0.584. The van der Waals surface area contributed by atoms with Crippen molar-refractivity contribution < 1.29 is 4.39 Å². The molecule has 2 heterocycles. The molecule has 0 unspecified atom stereocenters. The number of rotatable bonds is 2. The number of nitrogens with zero attached hydrogens (tertiary/aromatic N) is 3. The van der Waals surface area contributed by atoms with Crippen LogP contribution in [0.15, 0.2) is 61.2 Å². The molecule has 0 aliphatic heterocycles. The number of hydrogen-bond acceptors (Lipinski definition) is 3. The van der Waals surface area contributed by atoms with Crippen LogP contribution < -0.4 is 0 Å². The Morgan fingerprint density at radius 1 is 0.909 bits per heavy atom. The summed E-state index contributed by atoms with van der Waals surface area (Å²) in [5.41, 5.74) is 3.74. The van der Waals surface area contributed by atoms with Crippen molar-refractivity contribution in [3.8, 4) is 23.0 Å². The molecule has 0 saturated heterocycles. The van der Waals surface area contributed by atoms with Gasteiger partial charge in [0.25, 0.3) is 0 Å². The van der Waals surface area contributed by atoms with Crippen LogP contribution in [0.2, 0.25) is 0 Å². The molecule has 0 atom stereocenters. The van der Waals surface area contributed by atoms with Gasteiger partial charge >= 0.3 is 0 Å². The predicted octanol–water partition coefficient (Wildman–Crippen LogP) is 3.41. The molecule has 3 aromatic rings. The van der Waals surface area contributed by atoms with Crippen molar-refractivity contribution >= 4 is 0 Å². The Bertz CT molecular complexity index is 835. The fourth-order valence-electron chi connectivity index (χ4n) is 1.98. The van der Waals surface area contributed by atoms with E-state index in [0.717, 1.165) is 16.7 Å². The topological polar surface area (TPSA) is 38.7 Å². The quantitative estimate of drug-likeness (QED) is 0.679. The molecule has 0 fully saturated rings. The fraction of sp³-hybridized carbons (Fsp3) is 0.0556. The highest BCUT2D eigenvalue weighted by Crippen LogP contribution is 2.18. The van der Waals surface area contributed by atoms with Gasteiger partial charge in [-0.3, -0.25) is 0 Å². The molecule has 0 aliphatic rings. The first-order valence-electron chi connectivity index (χ1n) is 6.74. The molecule has 1 aromatic carbocycles. The molecule has 0 aliphatic carbocycles. The van der Waals surface area contributed by atoms with Gasteiger partial charge in [0.15, 0.2) is 0 Å². The van der Waals surface area contributed by atoms with E-state index in [4.69, 9.17) is 0 Å². The van der Waals surface area contributed by atoms with Gasteiger partial charge in [0, 0.05) is 23.5 Å². The maximum atomic E-state index is 12.6. The van der Waals surface area contributed by atoms with E-state index >= 15 is 0 Å². The Morgan fingerprint density at radius 2 is 1.73 bits per heavy atom. The van der Waals surface area contributed by atoms with Crippen molar-refractivity contribution in [1.82, 2.24) is 15.0 Å². The molecule has 22 heavy (non-hydrogen) atoms. The molecule has 3 nitrogen and oxygen atoms in total. The molecule has 0 radical (unpaired) electrons. The van der Waals surface area contributed by atoms with Gasteiger partial charge < -0.3 is 0 Å². The molecular formula is C18H12FN3. The Morgan fingerprint density at radius 3 is 2.55 bits per heavy atom. The molecular weight excluding hydrogens is 277 g/mol. The van der Waals surface area contributed by atoms with Crippen molar-refractivity contribution in [3.63, 3.8) is 0 Å². The van der Waals surface area contributed by atoms with Crippen LogP contribution in [0.3, 0.4) is 0 Å². The van der Waals surface area contributed by atoms with Crippen LogP contribution in [0, 0.1) is 11.8 Å². The first-order chi connectivity index (χ1) is 10.8. The molecule has 106 valence electrons. The standard InChI is InChI=1S/C18H12FN3/c19-10-18-6-2-5-17(22-18)8-7-14-3-1-4-15(9-14)16-11-20-13-21-12-16/h1-6,9,11-13H,10H2. The average Bonchev–Trinajstić information content (AvgIpc) is 2.61. The van der Waals surface area contributed by atoms with Gasteiger partial charge in [-0.25, -0.2) is 19.3 Å². The zero-order chi connectivity index (χ0) is 15.2. The van der Waals surface area contributed by atoms with E-state index in [1.807, 2.05) is 24.3 Å². The van der Waals surface area contributed by atoms with E-state index in [0.29, 0.717) is 11.4 Å². The number of halogens is 1. The predicted molar refractivity (Wildman–Crippen MR) is 82.5 cm³/mol. The summed E-state index contributed by atoms with van der Waals surface area (Å²) in [6, 6.07) is 12.9. The van der Waals surface area contributed by atoms with Crippen LogP contribution >= 0.6 is 0 Å². The number of aromatic nitrogens is 3. The number of alkyl halides is 1. The molecule has 0 saturated carbocycles. The highest BCUT2D eigenvalue weighted by Gasteiger charge is 1.98. The summed E-state index contributed by atoms with van der Waals surface area (Å²) in [5, 5.41) is 0. The third kappa shape index (κ3) is 3.33. The lowest BCUT2D eigenvalue weighted by molar-refractivity contribution is 0.476. The normalized spacial score (nSPS) is 9.86. The van der Waals surface area contributed by atoms with Gasteiger partial charge in [-0.15, -0.1) is 0 Å². The second-order valence-electron chi connectivity index (χ2n) is 4.61. The van der Waals surface area contributed by atoms with Gasteiger partial charge in [0.2, 0.25) is 0 Å². The second-order valence-corrected chi connectivity index (χ2v) is 4.61. The highest BCUT2D eigenvalue weighted by molar-refractivity contribution is 5.63. The summed E-state index contributed by atoms with van der Waals surface area (Å²) in [5.74, 6) is 6.00. The van der Waals surface area contributed by atoms with Gasteiger partial charge in [-0.2, -0.15) is 0 Å². The number of pyridine rings is 1. The molecule has 0 spiro atoms. The SMILES string of the molecule is FCc1cccc(C#Cc2cccc(-c3cncnc3)c2)n1. The molecule has 0 N–H and O–H groups in total. The van der Waals surface area contributed by atoms with Crippen LogP contribution in [-0.4, -0.2) is 15.0 Å². The molecule has 4 heteroatoms.